The molecule has 1 aliphatic rings. The Kier molecular flexibility index (Phi) is 3.45. The molecule has 1 heterocycles. The maximum atomic E-state index is 13.9. The summed E-state index contributed by atoms with van der Waals surface area (Å²) in [5.74, 6) is -1.95. The van der Waals surface area contributed by atoms with Gasteiger partial charge < -0.3 is 15.7 Å². The smallest absolute Gasteiger partial charge is 0.225 e. The van der Waals surface area contributed by atoms with E-state index in [0.29, 0.717) is 13.0 Å². The maximum absolute atomic E-state index is 13.9. The maximum Gasteiger partial charge on any atom is 0.225 e. The van der Waals surface area contributed by atoms with E-state index < -0.39 is 29.6 Å². The van der Waals surface area contributed by atoms with E-state index in [2.05, 4.69) is 0 Å². The van der Waals surface area contributed by atoms with E-state index in [1.807, 2.05) is 0 Å². The molecule has 0 radical (unpaired) electrons. The number of hydrogen-bond donors (Lipinski definition) is 2. The highest BCUT2D eigenvalue weighted by Gasteiger charge is 2.40. The molecular weight excluding hydrogens is 254 g/mol. The minimum absolute atomic E-state index is 0.165. The van der Waals surface area contributed by atoms with Gasteiger partial charge in [0.2, 0.25) is 5.91 Å². The van der Waals surface area contributed by atoms with E-state index in [9.17, 15) is 13.6 Å². The number of primary amides is 1. The molecule has 1 atom stereocenters. The normalized spacial score (nSPS) is 22.8. The molecule has 1 aliphatic heterocycles. The van der Waals surface area contributed by atoms with E-state index in [0.717, 1.165) is 12.1 Å². The number of aliphatic hydroxyl groups excluding tert-OH is 1. The van der Waals surface area contributed by atoms with Crippen LogP contribution in [-0.4, -0.2) is 24.1 Å². The zero-order chi connectivity index (χ0) is 14.2. The molecule has 1 saturated heterocycles. The zero-order valence-corrected chi connectivity index (χ0v) is 10.6. The highest BCUT2D eigenvalue weighted by Crippen LogP contribution is 2.35. The van der Waals surface area contributed by atoms with Gasteiger partial charge >= 0.3 is 0 Å². The van der Waals surface area contributed by atoms with Crippen molar-refractivity contribution in [3.8, 4) is 0 Å². The predicted octanol–water partition coefficient (Wildman–Crippen LogP) is 1.16. The van der Waals surface area contributed by atoms with Crippen LogP contribution in [0.4, 0.5) is 14.5 Å². The van der Waals surface area contributed by atoms with Crippen LogP contribution in [0.25, 0.3) is 0 Å². The second-order valence-corrected chi connectivity index (χ2v) is 5.16. The lowest BCUT2D eigenvalue weighted by molar-refractivity contribution is -0.125. The first-order valence-corrected chi connectivity index (χ1v) is 6.01. The van der Waals surface area contributed by atoms with Crippen molar-refractivity contribution in [3.05, 3.63) is 29.3 Å². The van der Waals surface area contributed by atoms with Gasteiger partial charge in [0.15, 0.2) is 0 Å². The van der Waals surface area contributed by atoms with Gasteiger partial charge in [0.1, 0.15) is 17.3 Å². The van der Waals surface area contributed by atoms with E-state index in [1.54, 1.807) is 6.92 Å². The molecule has 0 saturated carbocycles. The molecule has 1 amide bonds. The summed E-state index contributed by atoms with van der Waals surface area (Å²) >= 11 is 0. The number of anilines is 1. The van der Waals surface area contributed by atoms with E-state index in [4.69, 9.17) is 10.8 Å². The molecule has 0 bridgehead atoms. The second kappa shape index (κ2) is 4.77. The summed E-state index contributed by atoms with van der Waals surface area (Å²) in [7, 11) is 0. The minimum Gasteiger partial charge on any atom is -0.392 e. The lowest BCUT2D eigenvalue weighted by atomic mass is 9.89. The van der Waals surface area contributed by atoms with Crippen molar-refractivity contribution in [2.75, 3.05) is 18.0 Å². The third-order valence-electron chi connectivity index (χ3n) is 3.64. The number of rotatable bonds is 3. The first-order chi connectivity index (χ1) is 8.87. The number of nitrogens with two attached hydrogens (primary N) is 1. The number of carbonyl (C=O) groups is 1. The largest absolute Gasteiger partial charge is 0.392 e. The highest BCUT2D eigenvalue weighted by molar-refractivity contribution is 5.82. The monoisotopic (exact) mass is 270 g/mol. The molecule has 1 fully saturated rings. The number of hydrogen-bond acceptors (Lipinski definition) is 3. The zero-order valence-electron chi connectivity index (χ0n) is 10.6. The Labute approximate surface area is 109 Å². The topological polar surface area (TPSA) is 66.6 Å². The lowest BCUT2D eigenvalue weighted by Crippen LogP contribution is -2.37. The summed E-state index contributed by atoms with van der Waals surface area (Å²) in [4.78, 5) is 12.8. The molecule has 0 aromatic heterocycles. The van der Waals surface area contributed by atoms with Crippen LogP contribution in [0.2, 0.25) is 0 Å². The van der Waals surface area contributed by atoms with Crippen LogP contribution in [0.15, 0.2) is 12.1 Å². The lowest BCUT2D eigenvalue weighted by Gasteiger charge is -2.23. The Balaban J connectivity index is 2.32. The standard InChI is InChI=1S/C13H16F2N2O2/c1-13(12(16)19)2-3-17(7-13)11-9(14)4-8(6-18)5-10(11)15/h4-5,18H,2-3,6-7H2,1H3,(H2,16,19). The molecular formula is C13H16F2N2O2. The Bertz CT molecular complexity index is 498. The van der Waals surface area contributed by atoms with E-state index in [-0.39, 0.29) is 17.8 Å². The van der Waals surface area contributed by atoms with Gasteiger partial charge in [-0.05, 0) is 31.0 Å². The SMILES string of the molecule is CC1(C(N)=O)CCN(c2c(F)cc(CO)cc2F)C1. The second-order valence-electron chi connectivity index (χ2n) is 5.16. The molecule has 1 unspecified atom stereocenters. The Morgan fingerprint density at radius 2 is 2.05 bits per heavy atom. The third-order valence-corrected chi connectivity index (χ3v) is 3.64. The molecule has 0 spiro atoms. The summed E-state index contributed by atoms with van der Waals surface area (Å²) in [6, 6.07) is 2.19. The van der Waals surface area contributed by atoms with Crippen LogP contribution in [0.1, 0.15) is 18.9 Å². The van der Waals surface area contributed by atoms with Crippen LogP contribution in [-0.2, 0) is 11.4 Å². The summed E-state index contributed by atoms with van der Waals surface area (Å²) in [5.41, 5.74) is 4.55. The van der Waals surface area contributed by atoms with Crippen LogP contribution in [0, 0.1) is 17.0 Å². The number of benzene rings is 1. The molecule has 104 valence electrons. The quantitative estimate of drug-likeness (QED) is 0.866. The number of amides is 1. The molecule has 2 rings (SSSR count). The first kappa shape index (κ1) is 13.7. The van der Waals surface area contributed by atoms with Crippen molar-refractivity contribution < 1.29 is 18.7 Å². The summed E-state index contributed by atoms with van der Waals surface area (Å²) in [5, 5.41) is 8.89. The van der Waals surface area contributed by atoms with Crippen molar-refractivity contribution in [2.45, 2.75) is 20.0 Å². The molecule has 0 aliphatic carbocycles. The third kappa shape index (κ3) is 2.40. The highest BCUT2D eigenvalue weighted by atomic mass is 19.1. The van der Waals surface area contributed by atoms with Crippen molar-refractivity contribution in [1.29, 1.82) is 0 Å². The van der Waals surface area contributed by atoms with Crippen molar-refractivity contribution in [2.24, 2.45) is 11.1 Å². The first-order valence-electron chi connectivity index (χ1n) is 6.01. The molecule has 6 heteroatoms. The fraction of sp³-hybridized carbons (Fsp3) is 0.462. The number of nitrogens with zero attached hydrogens (tertiary/aromatic N) is 1. The minimum atomic E-state index is -0.769. The van der Waals surface area contributed by atoms with Gasteiger partial charge in [0.25, 0.3) is 0 Å². The number of halogens is 2. The summed E-state index contributed by atoms with van der Waals surface area (Å²) in [6.07, 6.45) is 0.461. The van der Waals surface area contributed by atoms with Crippen molar-refractivity contribution in [3.63, 3.8) is 0 Å². The average molecular weight is 270 g/mol. The van der Waals surface area contributed by atoms with Gasteiger partial charge in [-0.15, -0.1) is 0 Å². The van der Waals surface area contributed by atoms with Gasteiger partial charge in [-0.1, -0.05) is 0 Å². The molecule has 19 heavy (non-hydrogen) atoms. The van der Waals surface area contributed by atoms with Crippen LogP contribution < -0.4 is 10.6 Å². The molecule has 1 aromatic rings. The Morgan fingerprint density at radius 3 is 2.47 bits per heavy atom. The Morgan fingerprint density at radius 1 is 1.47 bits per heavy atom. The van der Waals surface area contributed by atoms with E-state index >= 15 is 0 Å². The average Bonchev–Trinajstić information content (AvgIpc) is 2.72. The van der Waals surface area contributed by atoms with Gasteiger partial charge in [-0.25, -0.2) is 8.78 Å². The molecule has 3 N–H and O–H groups in total. The number of aliphatic hydroxyl groups is 1. The van der Waals surface area contributed by atoms with Gasteiger partial charge in [0.05, 0.1) is 12.0 Å². The van der Waals surface area contributed by atoms with E-state index in [1.165, 1.54) is 4.90 Å². The van der Waals surface area contributed by atoms with Crippen LogP contribution in [0.3, 0.4) is 0 Å². The van der Waals surface area contributed by atoms with Crippen LogP contribution in [0.5, 0.6) is 0 Å². The van der Waals surface area contributed by atoms with Gasteiger partial charge in [0, 0.05) is 13.1 Å². The van der Waals surface area contributed by atoms with Crippen molar-refractivity contribution in [1.82, 2.24) is 0 Å². The summed E-state index contributed by atoms with van der Waals surface area (Å²) < 4.78 is 27.8. The molecule has 4 nitrogen and oxygen atoms in total. The molecule has 1 aromatic carbocycles. The summed E-state index contributed by atoms with van der Waals surface area (Å²) in [6.45, 7) is 1.82. The van der Waals surface area contributed by atoms with Crippen LogP contribution >= 0.6 is 0 Å². The fourth-order valence-electron chi connectivity index (χ4n) is 2.36. The fourth-order valence-corrected chi connectivity index (χ4v) is 2.36. The predicted molar refractivity (Wildman–Crippen MR) is 66.4 cm³/mol. The van der Waals surface area contributed by atoms with Crippen molar-refractivity contribution >= 4 is 11.6 Å². The van der Waals surface area contributed by atoms with Gasteiger partial charge in [-0.2, -0.15) is 0 Å². The van der Waals surface area contributed by atoms with Gasteiger partial charge in [-0.3, -0.25) is 4.79 Å². The Hall–Kier alpha value is -1.69. The number of carbonyl (C=O) groups excluding carboxylic acids is 1.